The molecule has 6 nitrogen and oxygen atoms in total. The number of hydrogen-bond donors (Lipinski definition) is 3. The van der Waals surface area contributed by atoms with E-state index >= 15 is 0 Å². The SMILES string of the molecule is CN=C(NCCc1c[nH]c2c(C)cccc12)NCc1ccnc(OCC2CC2)c1. The molecule has 152 valence electrons. The maximum absolute atomic E-state index is 5.77. The number of fused-ring (bicyclic) bond motifs is 1. The molecule has 2 heterocycles. The predicted molar refractivity (Wildman–Crippen MR) is 117 cm³/mol. The molecule has 1 aliphatic carbocycles. The van der Waals surface area contributed by atoms with Gasteiger partial charge in [0.15, 0.2) is 5.96 Å². The molecule has 29 heavy (non-hydrogen) atoms. The van der Waals surface area contributed by atoms with Crippen LogP contribution in [0.15, 0.2) is 47.7 Å². The molecule has 4 rings (SSSR count). The van der Waals surface area contributed by atoms with Gasteiger partial charge in [-0.05, 0) is 54.9 Å². The Balaban J connectivity index is 1.26. The standard InChI is InChI=1S/C23H29N5O/c1-16-4-3-5-20-19(14-27-22(16)20)9-11-26-23(24-2)28-13-18-8-10-25-21(12-18)29-15-17-6-7-17/h3-5,8,10,12,14,17,27H,6-7,9,11,13,15H2,1-2H3,(H2,24,26,28). The maximum Gasteiger partial charge on any atom is 0.213 e. The lowest BCUT2D eigenvalue weighted by Gasteiger charge is -2.12. The van der Waals surface area contributed by atoms with Crippen LogP contribution in [0.2, 0.25) is 0 Å². The molecular weight excluding hydrogens is 362 g/mol. The normalized spacial score (nSPS) is 14.2. The molecule has 0 atom stereocenters. The minimum Gasteiger partial charge on any atom is -0.477 e. The number of nitrogens with zero attached hydrogens (tertiary/aromatic N) is 2. The molecule has 0 amide bonds. The predicted octanol–water partition coefficient (Wildman–Crippen LogP) is 3.57. The average molecular weight is 392 g/mol. The highest BCUT2D eigenvalue weighted by molar-refractivity contribution is 5.86. The summed E-state index contributed by atoms with van der Waals surface area (Å²) in [6.07, 6.45) is 7.39. The lowest BCUT2D eigenvalue weighted by atomic mass is 10.1. The first-order valence-corrected chi connectivity index (χ1v) is 10.3. The molecule has 0 unspecified atom stereocenters. The van der Waals surface area contributed by atoms with E-state index in [2.05, 4.69) is 56.9 Å². The first-order valence-electron chi connectivity index (χ1n) is 10.3. The summed E-state index contributed by atoms with van der Waals surface area (Å²) in [5.41, 5.74) is 4.94. The molecule has 6 heteroatoms. The van der Waals surface area contributed by atoms with Gasteiger partial charge in [-0.1, -0.05) is 18.2 Å². The second-order valence-electron chi connectivity index (χ2n) is 7.67. The summed E-state index contributed by atoms with van der Waals surface area (Å²) in [6.45, 7) is 4.40. The number of hydrogen-bond acceptors (Lipinski definition) is 3. The van der Waals surface area contributed by atoms with Crippen LogP contribution in [0.4, 0.5) is 0 Å². The Morgan fingerprint density at radius 3 is 3.00 bits per heavy atom. The van der Waals surface area contributed by atoms with Crippen molar-refractivity contribution in [2.24, 2.45) is 10.9 Å². The minimum atomic E-state index is 0.675. The Morgan fingerprint density at radius 2 is 2.17 bits per heavy atom. The van der Waals surface area contributed by atoms with E-state index in [1.807, 2.05) is 12.1 Å². The van der Waals surface area contributed by atoms with E-state index in [9.17, 15) is 0 Å². The van der Waals surface area contributed by atoms with E-state index in [0.29, 0.717) is 12.4 Å². The van der Waals surface area contributed by atoms with Crippen LogP contribution in [-0.2, 0) is 13.0 Å². The minimum absolute atomic E-state index is 0.675. The number of nitrogens with one attached hydrogen (secondary N) is 3. The van der Waals surface area contributed by atoms with Gasteiger partial charge >= 0.3 is 0 Å². The van der Waals surface area contributed by atoms with Crippen molar-refractivity contribution < 1.29 is 4.74 Å². The van der Waals surface area contributed by atoms with Crippen LogP contribution in [0.25, 0.3) is 10.9 Å². The number of aliphatic imine (C=N–C) groups is 1. The molecule has 0 aliphatic heterocycles. The van der Waals surface area contributed by atoms with Crippen molar-refractivity contribution in [1.29, 1.82) is 0 Å². The van der Waals surface area contributed by atoms with Crippen molar-refractivity contribution in [3.63, 3.8) is 0 Å². The first-order chi connectivity index (χ1) is 14.2. The molecule has 0 spiro atoms. The van der Waals surface area contributed by atoms with Gasteiger partial charge in [0.2, 0.25) is 5.88 Å². The third-order valence-corrected chi connectivity index (χ3v) is 5.34. The van der Waals surface area contributed by atoms with Crippen molar-refractivity contribution >= 4 is 16.9 Å². The highest BCUT2D eigenvalue weighted by atomic mass is 16.5. The van der Waals surface area contributed by atoms with E-state index in [-0.39, 0.29) is 0 Å². The molecule has 2 aromatic heterocycles. The molecule has 3 N–H and O–H groups in total. The summed E-state index contributed by atoms with van der Waals surface area (Å²) < 4.78 is 5.77. The summed E-state index contributed by atoms with van der Waals surface area (Å²) in [6, 6.07) is 10.4. The topological polar surface area (TPSA) is 74.3 Å². The maximum atomic E-state index is 5.77. The number of benzene rings is 1. The second-order valence-corrected chi connectivity index (χ2v) is 7.67. The summed E-state index contributed by atoms with van der Waals surface area (Å²) >= 11 is 0. The molecule has 1 fully saturated rings. The number of aryl methyl sites for hydroxylation is 1. The Morgan fingerprint density at radius 1 is 1.28 bits per heavy atom. The third kappa shape index (κ3) is 5.08. The number of para-hydroxylation sites is 1. The summed E-state index contributed by atoms with van der Waals surface area (Å²) in [5.74, 6) is 2.22. The quantitative estimate of drug-likeness (QED) is 0.405. The molecular formula is C23H29N5O. The Bertz CT molecular complexity index is 990. The highest BCUT2D eigenvalue weighted by Crippen LogP contribution is 2.29. The third-order valence-electron chi connectivity index (χ3n) is 5.34. The van der Waals surface area contributed by atoms with Gasteiger partial charge in [-0.15, -0.1) is 0 Å². The Labute approximate surface area is 171 Å². The van der Waals surface area contributed by atoms with Crippen LogP contribution >= 0.6 is 0 Å². The van der Waals surface area contributed by atoms with Crippen molar-refractivity contribution in [2.45, 2.75) is 32.7 Å². The van der Waals surface area contributed by atoms with Crippen LogP contribution in [0.3, 0.4) is 0 Å². The van der Waals surface area contributed by atoms with Crippen LogP contribution in [0, 0.1) is 12.8 Å². The lowest BCUT2D eigenvalue weighted by Crippen LogP contribution is -2.37. The molecule has 1 aromatic carbocycles. The van der Waals surface area contributed by atoms with Gasteiger partial charge in [0, 0.05) is 49.5 Å². The molecule has 1 saturated carbocycles. The van der Waals surface area contributed by atoms with Crippen LogP contribution in [0.5, 0.6) is 5.88 Å². The molecule has 1 aliphatic rings. The van der Waals surface area contributed by atoms with Crippen LogP contribution in [0.1, 0.15) is 29.5 Å². The summed E-state index contributed by atoms with van der Waals surface area (Å²) in [7, 11) is 1.79. The van der Waals surface area contributed by atoms with E-state index < -0.39 is 0 Å². The summed E-state index contributed by atoms with van der Waals surface area (Å²) in [4.78, 5) is 12.0. The highest BCUT2D eigenvalue weighted by Gasteiger charge is 2.22. The van der Waals surface area contributed by atoms with Crippen molar-refractivity contribution in [3.05, 3.63) is 59.4 Å². The van der Waals surface area contributed by atoms with Gasteiger partial charge in [0.1, 0.15) is 0 Å². The smallest absolute Gasteiger partial charge is 0.213 e. The van der Waals surface area contributed by atoms with E-state index in [4.69, 9.17) is 4.74 Å². The second kappa shape index (κ2) is 8.99. The van der Waals surface area contributed by atoms with Gasteiger partial charge in [0.05, 0.1) is 6.61 Å². The fourth-order valence-corrected chi connectivity index (χ4v) is 3.42. The zero-order chi connectivity index (χ0) is 20.1. The van der Waals surface area contributed by atoms with E-state index in [1.165, 1.54) is 34.9 Å². The average Bonchev–Trinajstić information content (AvgIpc) is 3.48. The lowest BCUT2D eigenvalue weighted by molar-refractivity contribution is 0.288. The number of ether oxygens (including phenoxy) is 1. The number of H-pyrrole nitrogens is 1. The van der Waals surface area contributed by atoms with Gasteiger partial charge in [-0.25, -0.2) is 4.98 Å². The van der Waals surface area contributed by atoms with Crippen molar-refractivity contribution in [3.8, 4) is 5.88 Å². The number of aromatic nitrogens is 2. The fourth-order valence-electron chi connectivity index (χ4n) is 3.42. The zero-order valence-corrected chi connectivity index (χ0v) is 17.2. The van der Waals surface area contributed by atoms with Crippen molar-refractivity contribution in [2.75, 3.05) is 20.2 Å². The number of guanidine groups is 1. The molecule has 0 saturated heterocycles. The molecule has 0 radical (unpaired) electrons. The fraction of sp³-hybridized carbons (Fsp3) is 0.391. The van der Waals surface area contributed by atoms with E-state index in [1.54, 1.807) is 13.2 Å². The Kier molecular flexibility index (Phi) is 5.98. The molecule has 0 bridgehead atoms. The van der Waals surface area contributed by atoms with Crippen LogP contribution < -0.4 is 15.4 Å². The molecule has 3 aromatic rings. The number of pyridine rings is 1. The monoisotopic (exact) mass is 391 g/mol. The Hall–Kier alpha value is -3.02. The van der Waals surface area contributed by atoms with E-state index in [0.717, 1.165) is 37.0 Å². The first kappa shape index (κ1) is 19.3. The van der Waals surface area contributed by atoms with Gasteiger partial charge < -0.3 is 20.4 Å². The number of aromatic amines is 1. The van der Waals surface area contributed by atoms with Crippen molar-refractivity contribution in [1.82, 2.24) is 20.6 Å². The number of rotatable bonds is 8. The van der Waals surface area contributed by atoms with Gasteiger partial charge in [-0.3, -0.25) is 4.99 Å². The van der Waals surface area contributed by atoms with Gasteiger partial charge in [-0.2, -0.15) is 0 Å². The van der Waals surface area contributed by atoms with Crippen LogP contribution in [-0.4, -0.2) is 36.1 Å². The van der Waals surface area contributed by atoms with Gasteiger partial charge in [0.25, 0.3) is 0 Å². The largest absolute Gasteiger partial charge is 0.477 e. The zero-order valence-electron chi connectivity index (χ0n) is 17.2. The summed E-state index contributed by atoms with van der Waals surface area (Å²) in [5, 5.41) is 8.06.